The van der Waals surface area contributed by atoms with Crippen LogP contribution in [-0.4, -0.2) is 5.11 Å². The van der Waals surface area contributed by atoms with Crippen LogP contribution >= 0.6 is 0 Å². The zero-order valence-electron chi connectivity index (χ0n) is 17.1. The van der Waals surface area contributed by atoms with Crippen molar-refractivity contribution in [2.75, 3.05) is 0 Å². The van der Waals surface area contributed by atoms with Crippen LogP contribution < -0.4 is 0 Å². The Hall–Kier alpha value is -3.06. The molecule has 0 spiro atoms. The third kappa shape index (κ3) is 3.94. The van der Waals surface area contributed by atoms with Gasteiger partial charge in [0.2, 0.25) is 0 Å². The fourth-order valence-corrected chi connectivity index (χ4v) is 3.53. The van der Waals surface area contributed by atoms with Gasteiger partial charge in [-0.15, -0.1) is 0 Å². The number of hydrogen-bond donors (Lipinski definition) is 1. The standard InChI is InChI=1S/C16H10.C9H12O.C2H6/c1-3-11-7-9-13-5-2-6-14-10-8-12(4-1)15(11)16(13)14;1-7(2)8-3-5-9(10)6-4-8;1-2/h1-10H;3-7,10H,1-2H3;1-2H3. The van der Waals surface area contributed by atoms with Crippen LogP contribution in [0.4, 0.5) is 0 Å². The molecule has 0 unspecified atom stereocenters. The highest BCUT2D eigenvalue weighted by molar-refractivity contribution is 6.22. The molecule has 0 fully saturated rings. The van der Waals surface area contributed by atoms with Crippen LogP contribution in [0.5, 0.6) is 5.75 Å². The first-order valence-electron chi connectivity index (χ1n) is 10.0. The Morgan fingerprint density at radius 2 is 0.893 bits per heavy atom. The topological polar surface area (TPSA) is 20.2 Å². The molecule has 0 aliphatic heterocycles. The largest absolute Gasteiger partial charge is 0.508 e. The minimum absolute atomic E-state index is 0.337. The van der Waals surface area contributed by atoms with Crippen LogP contribution in [-0.2, 0) is 0 Å². The lowest BCUT2D eigenvalue weighted by Crippen LogP contribution is -1.84. The number of phenolic OH excluding ortho intramolecular Hbond substituents is 1. The van der Waals surface area contributed by atoms with Crippen LogP contribution in [0, 0.1) is 0 Å². The molecule has 0 amide bonds. The van der Waals surface area contributed by atoms with Crippen molar-refractivity contribution in [2.45, 2.75) is 33.6 Å². The lowest BCUT2D eigenvalue weighted by molar-refractivity contribution is 0.475. The summed E-state index contributed by atoms with van der Waals surface area (Å²) in [5, 5.41) is 17.1. The molecule has 28 heavy (non-hydrogen) atoms. The first-order valence-corrected chi connectivity index (χ1v) is 10.0. The Kier molecular flexibility index (Phi) is 6.16. The molecule has 0 saturated heterocycles. The molecule has 0 heterocycles. The van der Waals surface area contributed by atoms with Crippen molar-refractivity contribution in [1.82, 2.24) is 0 Å². The average molecular weight is 369 g/mol. The number of rotatable bonds is 1. The summed E-state index contributed by atoms with van der Waals surface area (Å²) in [5.74, 6) is 0.880. The van der Waals surface area contributed by atoms with Gasteiger partial charge in [0.25, 0.3) is 0 Å². The van der Waals surface area contributed by atoms with Crippen LogP contribution in [0.15, 0.2) is 84.9 Å². The van der Waals surface area contributed by atoms with Crippen molar-refractivity contribution < 1.29 is 5.11 Å². The van der Waals surface area contributed by atoms with Crippen LogP contribution in [0.2, 0.25) is 0 Å². The van der Waals surface area contributed by atoms with Crippen LogP contribution in [0.25, 0.3) is 32.3 Å². The van der Waals surface area contributed by atoms with E-state index in [0.29, 0.717) is 11.7 Å². The highest BCUT2D eigenvalue weighted by Gasteiger charge is 2.06. The highest BCUT2D eigenvalue weighted by atomic mass is 16.3. The predicted molar refractivity (Wildman–Crippen MR) is 124 cm³/mol. The van der Waals surface area contributed by atoms with E-state index in [-0.39, 0.29) is 0 Å². The summed E-state index contributed by atoms with van der Waals surface area (Å²) >= 11 is 0. The SMILES string of the molecule is CC.CC(C)c1ccc(O)cc1.c1cc2ccc3cccc4ccc(c1)c2c34. The van der Waals surface area contributed by atoms with Gasteiger partial charge in [-0.2, -0.15) is 0 Å². The average Bonchev–Trinajstić information content (AvgIpc) is 2.74. The molecule has 5 aromatic rings. The maximum absolute atomic E-state index is 8.94. The predicted octanol–water partition coefficient (Wildman–Crippen LogP) is 8.13. The zero-order chi connectivity index (χ0) is 20.1. The molecule has 0 aromatic heterocycles. The van der Waals surface area contributed by atoms with E-state index < -0.39 is 0 Å². The van der Waals surface area contributed by atoms with Crippen LogP contribution in [0.1, 0.15) is 39.2 Å². The monoisotopic (exact) mass is 368 g/mol. The fraction of sp³-hybridized carbons (Fsp3) is 0.185. The molecule has 1 heteroatoms. The molecule has 0 aliphatic carbocycles. The summed E-state index contributed by atoms with van der Waals surface area (Å²) in [6.07, 6.45) is 0. The van der Waals surface area contributed by atoms with Crippen molar-refractivity contribution in [2.24, 2.45) is 0 Å². The minimum atomic E-state index is 0.337. The second kappa shape index (κ2) is 8.75. The molecule has 5 aromatic carbocycles. The van der Waals surface area contributed by atoms with E-state index >= 15 is 0 Å². The van der Waals surface area contributed by atoms with Gasteiger partial charge in [-0.1, -0.05) is 100 Å². The minimum Gasteiger partial charge on any atom is -0.508 e. The second-order valence-corrected chi connectivity index (χ2v) is 7.04. The zero-order valence-corrected chi connectivity index (χ0v) is 17.1. The van der Waals surface area contributed by atoms with E-state index in [1.54, 1.807) is 12.1 Å². The molecule has 142 valence electrons. The first-order chi connectivity index (χ1) is 13.6. The molecule has 0 aliphatic rings. The van der Waals surface area contributed by atoms with E-state index in [1.807, 2.05) is 26.0 Å². The molecule has 1 N–H and O–H groups in total. The van der Waals surface area contributed by atoms with Gasteiger partial charge in [0, 0.05) is 0 Å². The number of phenols is 1. The fourth-order valence-electron chi connectivity index (χ4n) is 3.53. The third-order valence-electron chi connectivity index (χ3n) is 4.95. The van der Waals surface area contributed by atoms with Crippen molar-refractivity contribution in [3.63, 3.8) is 0 Å². The summed E-state index contributed by atoms with van der Waals surface area (Å²) in [6, 6.07) is 29.2. The van der Waals surface area contributed by atoms with E-state index in [0.717, 1.165) is 0 Å². The van der Waals surface area contributed by atoms with Gasteiger partial charge in [0.1, 0.15) is 5.75 Å². The maximum atomic E-state index is 8.94. The molecule has 0 bridgehead atoms. The van der Waals surface area contributed by atoms with Crippen molar-refractivity contribution >= 4 is 32.3 Å². The summed E-state index contributed by atoms with van der Waals surface area (Å²) in [4.78, 5) is 0. The molecule has 5 rings (SSSR count). The van der Waals surface area contributed by atoms with E-state index in [1.165, 1.54) is 37.9 Å². The lowest BCUT2D eigenvalue weighted by Gasteiger charge is -2.09. The van der Waals surface area contributed by atoms with Gasteiger partial charge in [-0.3, -0.25) is 0 Å². The Labute approximate surface area is 167 Å². The molecule has 0 saturated carbocycles. The van der Waals surface area contributed by atoms with Gasteiger partial charge < -0.3 is 5.11 Å². The highest BCUT2D eigenvalue weighted by Crippen LogP contribution is 2.33. The Morgan fingerprint density at radius 3 is 1.21 bits per heavy atom. The smallest absolute Gasteiger partial charge is 0.115 e. The Morgan fingerprint density at radius 1 is 0.536 bits per heavy atom. The molecular weight excluding hydrogens is 340 g/mol. The summed E-state index contributed by atoms with van der Waals surface area (Å²) < 4.78 is 0. The molecule has 1 nitrogen and oxygen atoms in total. The summed E-state index contributed by atoms with van der Waals surface area (Å²) in [7, 11) is 0. The maximum Gasteiger partial charge on any atom is 0.115 e. The van der Waals surface area contributed by atoms with Gasteiger partial charge >= 0.3 is 0 Å². The van der Waals surface area contributed by atoms with E-state index in [4.69, 9.17) is 5.11 Å². The van der Waals surface area contributed by atoms with E-state index in [9.17, 15) is 0 Å². The molecule has 0 radical (unpaired) electrons. The summed E-state index contributed by atoms with van der Waals surface area (Å²) in [6.45, 7) is 8.26. The second-order valence-electron chi connectivity index (χ2n) is 7.04. The van der Waals surface area contributed by atoms with Crippen molar-refractivity contribution in [3.8, 4) is 5.75 Å². The first kappa shape index (κ1) is 19.7. The third-order valence-corrected chi connectivity index (χ3v) is 4.95. The van der Waals surface area contributed by atoms with Gasteiger partial charge in [-0.25, -0.2) is 0 Å². The van der Waals surface area contributed by atoms with Crippen molar-refractivity contribution in [3.05, 3.63) is 90.5 Å². The van der Waals surface area contributed by atoms with Crippen LogP contribution in [0.3, 0.4) is 0 Å². The molecular formula is C27H28O. The molecule has 0 atom stereocenters. The van der Waals surface area contributed by atoms with E-state index in [2.05, 4.69) is 74.5 Å². The van der Waals surface area contributed by atoms with Gasteiger partial charge in [0.05, 0.1) is 0 Å². The number of hydrogen-bond acceptors (Lipinski definition) is 1. The Balaban J connectivity index is 0.000000163. The van der Waals surface area contributed by atoms with Gasteiger partial charge in [-0.05, 0) is 55.9 Å². The normalized spacial score (nSPS) is 10.6. The Bertz CT molecular complexity index is 1020. The van der Waals surface area contributed by atoms with Gasteiger partial charge in [0.15, 0.2) is 0 Å². The quantitative estimate of drug-likeness (QED) is 0.296. The number of benzene rings is 5. The number of aromatic hydroxyl groups is 1. The lowest BCUT2D eigenvalue weighted by atomic mass is 9.95. The summed E-state index contributed by atoms with van der Waals surface area (Å²) in [5.41, 5.74) is 1.26. The van der Waals surface area contributed by atoms with Crippen molar-refractivity contribution in [1.29, 1.82) is 0 Å².